The summed E-state index contributed by atoms with van der Waals surface area (Å²) >= 11 is 6.45. The molecule has 0 aromatic heterocycles. The van der Waals surface area contributed by atoms with E-state index in [-0.39, 0.29) is 5.50 Å². The lowest BCUT2D eigenvalue weighted by Gasteiger charge is -2.23. The number of rotatable bonds is 3. The van der Waals surface area contributed by atoms with Gasteiger partial charge in [0.2, 0.25) is 0 Å². The van der Waals surface area contributed by atoms with Crippen LogP contribution in [0.3, 0.4) is 0 Å². The van der Waals surface area contributed by atoms with Crippen LogP contribution in [0, 0.1) is 5.92 Å². The number of nitrogens with zero attached hydrogens (tertiary/aromatic N) is 1. The van der Waals surface area contributed by atoms with E-state index >= 15 is 0 Å². The van der Waals surface area contributed by atoms with Crippen molar-refractivity contribution in [2.75, 3.05) is 19.0 Å². The van der Waals surface area contributed by atoms with Gasteiger partial charge in [0, 0.05) is 11.8 Å². The second kappa shape index (κ2) is 5.05. The summed E-state index contributed by atoms with van der Waals surface area (Å²) in [5.41, 5.74) is 9.56. The standard InChI is InChI=1S/C8H18N4S2/c1-6-2-3-14-7(6)4-10-12-5-9-11-8(12)13/h6-11,13H,2-5H2,1H3. The van der Waals surface area contributed by atoms with Crippen molar-refractivity contribution in [3.63, 3.8) is 0 Å². The summed E-state index contributed by atoms with van der Waals surface area (Å²) in [5, 5.41) is 2.84. The molecule has 0 saturated carbocycles. The Labute approximate surface area is 94.9 Å². The fraction of sp³-hybridized carbons (Fsp3) is 1.00. The third kappa shape index (κ3) is 2.56. The highest BCUT2D eigenvalue weighted by Gasteiger charge is 2.26. The minimum atomic E-state index is 0.0803. The number of hydrogen-bond donors (Lipinski definition) is 4. The summed E-state index contributed by atoms with van der Waals surface area (Å²) in [6.07, 6.45) is 1.36. The highest BCUT2D eigenvalue weighted by molar-refractivity contribution is 8.00. The Kier molecular flexibility index (Phi) is 3.98. The van der Waals surface area contributed by atoms with Gasteiger partial charge < -0.3 is 0 Å². The molecular weight excluding hydrogens is 216 g/mol. The fourth-order valence-electron chi connectivity index (χ4n) is 1.75. The van der Waals surface area contributed by atoms with Crippen LogP contribution in [0.4, 0.5) is 0 Å². The molecule has 0 amide bonds. The topological polar surface area (TPSA) is 39.3 Å². The Morgan fingerprint density at radius 3 is 3.07 bits per heavy atom. The van der Waals surface area contributed by atoms with Crippen molar-refractivity contribution in [3.05, 3.63) is 0 Å². The summed E-state index contributed by atoms with van der Waals surface area (Å²) in [6, 6.07) is 0. The van der Waals surface area contributed by atoms with E-state index in [9.17, 15) is 0 Å². The summed E-state index contributed by atoms with van der Waals surface area (Å²) in [4.78, 5) is 0. The van der Waals surface area contributed by atoms with E-state index in [1.54, 1.807) is 0 Å². The molecule has 2 rings (SSSR count). The molecule has 0 bridgehead atoms. The van der Waals surface area contributed by atoms with E-state index in [2.05, 4.69) is 52.6 Å². The molecule has 0 aromatic carbocycles. The van der Waals surface area contributed by atoms with Crippen molar-refractivity contribution < 1.29 is 0 Å². The lowest BCUT2D eigenvalue weighted by atomic mass is 10.1. The van der Waals surface area contributed by atoms with Gasteiger partial charge in [0.1, 0.15) is 5.50 Å². The van der Waals surface area contributed by atoms with Crippen LogP contribution in [0.5, 0.6) is 0 Å². The van der Waals surface area contributed by atoms with Crippen LogP contribution in [0.2, 0.25) is 0 Å². The molecule has 4 nitrogen and oxygen atoms in total. The molecule has 3 unspecified atom stereocenters. The maximum atomic E-state index is 4.37. The molecule has 0 radical (unpaired) electrons. The second-order valence-corrected chi connectivity index (χ2v) is 5.70. The molecule has 0 aliphatic carbocycles. The fourth-order valence-corrected chi connectivity index (χ4v) is 3.47. The molecule has 2 aliphatic rings. The van der Waals surface area contributed by atoms with Crippen LogP contribution in [0.15, 0.2) is 0 Å². The zero-order valence-electron chi connectivity index (χ0n) is 8.36. The normalized spacial score (nSPS) is 39.4. The van der Waals surface area contributed by atoms with Gasteiger partial charge in [-0.05, 0) is 18.1 Å². The Hall–Kier alpha value is 0.540. The number of nitrogens with one attached hydrogen (secondary N) is 3. The van der Waals surface area contributed by atoms with Gasteiger partial charge in [-0.3, -0.25) is 5.43 Å². The first-order valence-electron chi connectivity index (χ1n) is 5.05. The molecule has 3 N–H and O–H groups in total. The first-order valence-corrected chi connectivity index (χ1v) is 6.62. The van der Waals surface area contributed by atoms with E-state index in [4.69, 9.17) is 0 Å². The van der Waals surface area contributed by atoms with Gasteiger partial charge in [-0.1, -0.05) is 6.92 Å². The molecule has 2 heterocycles. The molecule has 3 atom stereocenters. The minimum Gasteiger partial charge on any atom is -0.251 e. The maximum absolute atomic E-state index is 4.37. The smallest absolute Gasteiger partial charge is 0.132 e. The van der Waals surface area contributed by atoms with Crippen molar-refractivity contribution in [2.24, 2.45) is 5.92 Å². The third-order valence-electron chi connectivity index (χ3n) is 2.81. The summed E-state index contributed by atoms with van der Waals surface area (Å²) < 4.78 is 0. The van der Waals surface area contributed by atoms with E-state index in [1.807, 2.05) is 0 Å². The number of thioether (sulfide) groups is 1. The summed E-state index contributed by atoms with van der Waals surface area (Å²) in [7, 11) is 0. The first kappa shape index (κ1) is 11.0. The molecule has 2 saturated heterocycles. The van der Waals surface area contributed by atoms with Crippen molar-refractivity contribution in [2.45, 2.75) is 24.1 Å². The molecule has 2 fully saturated rings. The van der Waals surface area contributed by atoms with E-state index < -0.39 is 0 Å². The third-order valence-corrected chi connectivity index (χ3v) is 4.75. The first-order chi connectivity index (χ1) is 6.77. The predicted molar refractivity (Wildman–Crippen MR) is 63.8 cm³/mol. The maximum Gasteiger partial charge on any atom is 0.132 e. The molecule has 0 aromatic rings. The second-order valence-electron chi connectivity index (χ2n) is 3.86. The zero-order valence-corrected chi connectivity index (χ0v) is 10.1. The van der Waals surface area contributed by atoms with Crippen molar-refractivity contribution in [1.82, 2.24) is 21.3 Å². The number of thiol groups is 1. The van der Waals surface area contributed by atoms with Crippen LogP contribution in [0.25, 0.3) is 0 Å². The summed E-state index contributed by atoms with van der Waals surface area (Å²) in [5.74, 6) is 2.16. The Bertz CT molecular complexity index is 172. The van der Waals surface area contributed by atoms with Gasteiger partial charge in [0.05, 0.1) is 6.67 Å². The van der Waals surface area contributed by atoms with E-state index in [0.717, 1.165) is 24.4 Å². The molecule has 2 aliphatic heterocycles. The molecule has 0 spiro atoms. The monoisotopic (exact) mass is 234 g/mol. The van der Waals surface area contributed by atoms with Crippen LogP contribution in [-0.2, 0) is 0 Å². The van der Waals surface area contributed by atoms with E-state index in [1.165, 1.54) is 12.2 Å². The van der Waals surface area contributed by atoms with Gasteiger partial charge in [-0.25, -0.2) is 15.9 Å². The SMILES string of the molecule is CC1CCSC1CNN1CNNC1S. The van der Waals surface area contributed by atoms with Gasteiger partial charge in [-0.2, -0.15) is 11.8 Å². The average Bonchev–Trinajstić information content (AvgIpc) is 2.72. The van der Waals surface area contributed by atoms with Gasteiger partial charge >= 0.3 is 0 Å². The number of hydrogen-bond acceptors (Lipinski definition) is 6. The minimum absolute atomic E-state index is 0.0803. The lowest BCUT2D eigenvalue weighted by molar-refractivity contribution is 0.208. The lowest BCUT2D eigenvalue weighted by Crippen LogP contribution is -2.45. The van der Waals surface area contributed by atoms with Crippen LogP contribution in [-0.4, -0.2) is 34.7 Å². The Morgan fingerprint density at radius 2 is 2.50 bits per heavy atom. The van der Waals surface area contributed by atoms with E-state index in [0.29, 0.717) is 0 Å². The highest BCUT2D eigenvalue weighted by Crippen LogP contribution is 2.31. The molecule has 6 heteroatoms. The van der Waals surface area contributed by atoms with Crippen molar-refractivity contribution in [1.29, 1.82) is 0 Å². The van der Waals surface area contributed by atoms with Gasteiger partial charge in [0.25, 0.3) is 0 Å². The average molecular weight is 234 g/mol. The predicted octanol–water partition coefficient (Wildman–Crippen LogP) is 0.213. The Morgan fingerprint density at radius 1 is 1.64 bits per heavy atom. The van der Waals surface area contributed by atoms with Gasteiger partial charge in [0.15, 0.2) is 0 Å². The quantitative estimate of drug-likeness (QED) is 0.526. The molecule has 14 heavy (non-hydrogen) atoms. The highest BCUT2D eigenvalue weighted by atomic mass is 32.2. The van der Waals surface area contributed by atoms with Crippen LogP contribution < -0.4 is 16.3 Å². The largest absolute Gasteiger partial charge is 0.251 e. The number of hydrazine groups is 2. The van der Waals surface area contributed by atoms with Gasteiger partial charge in [-0.15, -0.1) is 12.6 Å². The molecule has 82 valence electrons. The molecular formula is C8H18N4S2. The van der Waals surface area contributed by atoms with Crippen molar-refractivity contribution >= 4 is 24.4 Å². The summed E-state index contributed by atoms with van der Waals surface area (Å²) in [6.45, 7) is 4.19. The van der Waals surface area contributed by atoms with Crippen molar-refractivity contribution in [3.8, 4) is 0 Å². The van der Waals surface area contributed by atoms with Crippen LogP contribution >= 0.6 is 24.4 Å². The van der Waals surface area contributed by atoms with Crippen LogP contribution in [0.1, 0.15) is 13.3 Å². The Balaban J connectivity index is 1.71. The zero-order chi connectivity index (χ0) is 9.97.